The number of fused-ring (bicyclic) bond motifs is 5. The number of allylic oxidation sites excluding steroid dienone is 1. The summed E-state index contributed by atoms with van der Waals surface area (Å²) in [6.07, 6.45) is 8.15. The van der Waals surface area contributed by atoms with Crippen molar-refractivity contribution in [2.24, 2.45) is 0 Å². The molecule has 1 atom stereocenters. The number of thioether (sulfide) groups is 1. The lowest BCUT2D eigenvalue weighted by atomic mass is 9.90. The van der Waals surface area contributed by atoms with Crippen molar-refractivity contribution >= 4 is 49.3 Å². The van der Waals surface area contributed by atoms with Gasteiger partial charge in [-0.25, -0.2) is 15.0 Å². The van der Waals surface area contributed by atoms with E-state index in [0.717, 1.165) is 70.8 Å². The third-order valence-corrected chi connectivity index (χ3v) is 9.58. The number of benzene rings is 1. The summed E-state index contributed by atoms with van der Waals surface area (Å²) in [5.74, 6) is 2.44. The number of nitrogens with zero attached hydrogens (tertiary/aromatic N) is 4. The van der Waals surface area contributed by atoms with Crippen LogP contribution in [0.3, 0.4) is 0 Å². The van der Waals surface area contributed by atoms with Gasteiger partial charge in [0, 0.05) is 36.2 Å². The van der Waals surface area contributed by atoms with Crippen LogP contribution in [-0.2, 0) is 22.5 Å². The SMILES string of the molecule is CC(C/C=C/CSc1ncnc2c1sc1nc(N3CCOCC3)c3c(c12)CC(C)(C)OC3)c1ccccc1. The highest BCUT2D eigenvalue weighted by Crippen LogP contribution is 2.44. The summed E-state index contributed by atoms with van der Waals surface area (Å²) in [5, 5.41) is 2.22. The van der Waals surface area contributed by atoms with Crippen LogP contribution in [-0.4, -0.2) is 52.6 Å². The molecular weight excluding hydrogens is 512 g/mol. The standard InChI is InChI=1S/C30H34N4O2S2/c1-20(21-10-5-4-6-11-21)9-7-8-16-37-29-26-25(31-19-32-29)24-22-17-30(2,3)36-18-23(22)27(33-28(24)38-26)34-12-14-35-15-13-34/h4-8,10-11,19-20H,9,12-18H2,1-3H3/b8-7+. The minimum absolute atomic E-state index is 0.218. The molecule has 6 nitrogen and oxygen atoms in total. The minimum atomic E-state index is -0.218. The second-order valence-electron chi connectivity index (χ2n) is 10.7. The molecule has 0 bridgehead atoms. The van der Waals surface area contributed by atoms with Gasteiger partial charge in [0.05, 0.1) is 35.6 Å². The van der Waals surface area contributed by atoms with Crippen LogP contribution in [0.15, 0.2) is 53.8 Å². The second-order valence-corrected chi connectivity index (χ2v) is 12.7. The monoisotopic (exact) mass is 546 g/mol. The third kappa shape index (κ3) is 5.19. The van der Waals surface area contributed by atoms with Crippen LogP contribution < -0.4 is 4.90 Å². The average Bonchev–Trinajstić information content (AvgIpc) is 3.32. The zero-order valence-electron chi connectivity index (χ0n) is 22.3. The Morgan fingerprint density at radius 1 is 1.11 bits per heavy atom. The molecule has 0 saturated carbocycles. The molecule has 0 aliphatic carbocycles. The third-order valence-electron chi connectivity index (χ3n) is 7.43. The Labute approximate surface area is 232 Å². The number of pyridine rings is 1. The number of rotatable bonds is 7. The fraction of sp³-hybridized carbons (Fsp3) is 0.433. The molecule has 0 amide bonds. The first-order chi connectivity index (χ1) is 18.5. The molecule has 2 aliphatic rings. The van der Waals surface area contributed by atoms with Crippen LogP contribution in [0, 0.1) is 0 Å². The van der Waals surface area contributed by atoms with Crippen molar-refractivity contribution in [2.45, 2.75) is 56.8 Å². The number of hydrogen-bond donors (Lipinski definition) is 0. The van der Waals surface area contributed by atoms with Gasteiger partial charge in [-0.05, 0) is 37.3 Å². The van der Waals surface area contributed by atoms with Crippen LogP contribution in [0.4, 0.5) is 5.82 Å². The summed E-state index contributed by atoms with van der Waals surface area (Å²) in [6.45, 7) is 10.4. The summed E-state index contributed by atoms with van der Waals surface area (Å²) in [4.78, 5) is 18.1. The Morgan fingerprint density at radius 2 is 1.92 bits per heavy atom. The van der Waals surface area contributed by atoms with Crippen molar-refractivity contribution in [3.05, 3.63) is 65.5 Å². The molecule has 198 valence electrons. The summed E-state index contributed by atoms with van der Waals surface area (Å²) < 4.78 is 13.0. The topological polar surface area (TPSA) is 60.4 Å². The minimum Gasteiger partial charge on any atom is -0.378 e. The van der Waals surface area contributed by atoms with Crippen LogP contribution in [0.5, 0.6) is 0 Å². The Morgan fingerprint density at radius 3 is 2.74 bits per heavy atom. The smallest absolute Gasteiger partial charge is 0.136 e. The van der Waals surface area contributed by atoms with Gasteiger partial charge in [-0.2, -0.15) is 0 Å². The van der Waals surface area contributed by atoms with Gasteiger partial charge in [0.15, 0.2) is 0 Å². The van der Waals surface area contributed by atoms with Crippen molar-refractivity contribution < 1.29 is 9.47 Å². The lowest BCUT2D eigenvalue weighted by Crippen LogP contribution is -2.39. The van der Waals surface area contributed by atoms with Crippen molar-refractivity contribution in [2.75, 3.05) is 37.0 Å². The molecular formula is C30H34N4O2S2. The number of ether oxygens (including phenoxy) is 2. The van der Waals surface area contributed by atoms with Crippen molar-refractivity contribution in [3.63, 3.8) is 0 Å². The molecule has 0 radical (unpaired) electrons. The lowest BCUT2D eigenvalue weighted by Gasteiger charge is -2.36. The van der Waals surface area contributed by atoms with E-state index in [-0.39, 0.29) is 5.60 Å². The summed E-state index contributed by atoms with van der Waals surface area (Å²) in [5.41, 5.74) is 4.74. The van der Waals surface area contributed by atoms with Gasteiger partial charge in [-0.15, -0.1) is 23.1 Å². The molecule has 5 heterocycles. The second kappa shape index (κ2) is 10.9. The van der Waals surface area contributed by atoms with Gasteiger partial charge in [-0.3, -0.25) is 0 Å². The predicted octanol–water partition coefficient (Wildman–Crippen LogP) is 6.77. The van der Waals surface area contributed by atoms with Crippen molar-refractivity contribution in [1.82, 2.24) is 15.0 Å². The zero-order chi connectivity index (χ0) is 26.1. The number of anilines is 1. The highest BCUT2D eigenvalue weighted by Gasteiger charge is 2.33. The van der Waals surface area contributed by atoms with Gasteiger partial charge < -0.3 is 14.4 Å². The largest absolute Gasteiger partial charge is 0.378 e. The Bertz CT molecular complexity index is 1460. The predicted molar refractivity (Wildman–Crippen MR) is 158 cm³/mol. The van der Waals surface area contributed by atoms with E-state index in [4.69, 9.17) is 19.4 Å². The van der Waals surface area contributed by atoms with Gasteiger partial charge in [0.2, 0.25) is 0 Å². The maximum absolute atomic E-state index is 6.27. The average molecular weight is 547 g/mol. The lowest BCUT2D eigenvalue weighted by molar-refractivity contribution is -0.0396. The van der Waals surface area contributed by atoms with Crippen LogP contribution in [0.2, 0.25) is 0 Å². The maximum Gasteiger partial charge on any atom is 0.136 e. The summed E-state index contributed by atoms with van der Waals surface area (Å²) >= 11 is 3.50. The molecule has 1 aromatic carbocycles. The highest BCUT2D eigenvalue weighted by atomic mass is 32.2. The molecule has 1 saturated heterocycles. The first-order valence-electron chi connectivity index (χ1n) is 13.4. The van der Waals surface area contributed by atoms with E-state index in [9.17, 15) is 0 Å². The van der Waals surface area contributed by atoms with Crippen LogP contribution in [0.25, 0.3) is 20.4 Å². The fourth-order valence-corrected chi connectivity index (χ4v) is 7.40. The fourth-order valence-electron chi connectivity index (χ4n) is 5.32. The number of morpholine rings is 1. The quantitative estimate of drug-likeness (QED) is 0.144. The first-order valence-corrected chi connectivity index (χ1v) is 15.2. The number of hydrogen-bond acceptors (Lipinski definition) is 8. The molecule has 8 heteroatoms. The Balaban J connectivity index is 1.29. The molecule has 4 aromatic rings. The normalized spacial score (nSPS) is 18.3. The van der Waals surface area contributed by atoms with Crippen LogP contribution in [0.1, 0.15) is 49.8 Å². The van der Waals surface area contributed by atoms with E-state index in [0.29, 0.717) is 12.5 Å². The maximum atomic E-state index is 6.27. The molecule has 0 spiro atoms. The first kappa shape index (κ1) is 25.7. The van der Waals surface area contributed by atoms with Crippen LogP contribution >= 0.6 is 23.1 Å². The Hall–Kier alpha value is -2.52. The Kier molecular flexibility index (Phi) is 7.40. The van der Waals surface area contributed by atoms with Crippen molar-refractivity contribution in [1.29, 1.82) is 0 Å². The molecule has 0 N–H and O–H groups in total. The molecule has 1 fully saturated rings. The van der Waals surface area contributed by atoms with Gasteiger partial charge >= 0.3 is 0 Å². The van der Waals surface area contributed by atoms with E-state index in [1.54, 1.807) is 29.4 Å². The van der Waals surface area contributed by atoms with Gasteiger partial charge in [0.1, 0.15) is 22.0 Å². The van der Waals surface area contributed by atoms with Crippen molar-refractivity contribution in [3.8, 4) is 0 Å². The summed E-state index contributed by atoms with van der Waals surface area (Å²) in [7, 11) is 0. The van der Waals surface area contributed by atoms with Gasteiger partial charge in [-0.1, -0.05) is 49.4 Å². The summed E-state index contributed by atoms with van der Waals surface area (Å²) in [6, 6.07) is 10.7. The molecule has 1 unspecified atom stereocenters. The van der Waals surface area contributed by atoms with E-state index in [1.165, 1.54) is 22.1 Å². The van der Waals surface area contributed by atoms with E-state index >= 15 is 0 Å². The molecule has 2 aliphatic heterocycles. The molecule has 6 rings (SSSR count). The molecule has 3 aromatic heterocycles. The molecule has 38 heavy (non-hydrogen) atoms. The number of thiophene rings is 1. The van der Waals surface area contributed by atoms with E-state index in [2.05, 4.69) is 73.1 Å². The van der Waals surface area contributed by atoms with E-state index in [1.807, 2.05) is 0 Å². The van der Waals surface area contributed by atoms with E-state index < -0.39 is 0 Å². The zero-order valence-corrected chi connectivity index (χ0v) is 23.9. The number of aromatic nitrogens is 3. The highest BCUT2D eigenvalue weighted by molar-refractivity contribution is 7.99. The van der Waals surface area contributed by atoms with Gasteiger partial charge in [0.25, 0.3) is 0 Å².